The van der Waals surface area contributed by atoms with E-state index in [1.54, 1.807) is 25.1 Å². The van der Waals surface area contributed by atoms with E-state index in [-0.39, 0.29) is 5.69 Å². The first-order valence-corrected chi connectivity index (χ1v) is 6.48. The first-order valence-electron chi connectivity index (χ1n) is 6.48. The standard InChI is InChI=1S/C14H17N5O2/c1-10-5-4-6-11(16-10)9-18(3)14-12(19(20)21)7-8-13(15-2)17-14/h4-8H,9H2,1-3H3,(H,15,17). The molecule has 0 saturated carbocycles. The average molecular weight is 287 g/mol. The third-order valence-corrected chi connectivity index (χ3v) is 3.01. The second-order valence-corrected chi connectivity index (χ2v) is 4.67. The molecule has 0 radical (unpaired) electrons. The fraction of sp³-hybridized carbons (Fsp3) is 0.286. The van der Waals surface area contributed by atoms with Crippen molar-refractivity contribution in [1.29, 1.82) is 0 Å². The molecule has 0 aliphatic rings. The van der Waals surface area contributed by atoms with Gasteiger partial charge in [-0.15, -0.1) is 0 Å². The molecule has 0 aliphatic heterocycles. The summed E-state index contributed by atoms with van der Waals surface area (Å²) in [6, 6.07) is 8.75. The molecule has 0 amide bonds. The molecule has 0 aromatic carbocycles. The van der Waals surface area contributed by atoms with E-state index in [4.69, 9.17) is 0 Å². The third-order valence-electron chi connectivity index (χ3n) is 3.01. The number of nitrogens with zero attached hydrogens (tertiary/aromatic N) is 4. The van der Waals surface area contributed by atoms with Crippen LogP contribution in [-0.4, -0.2) is 29.0 Å². The summed E-state index contributed by atoms with van der Waals surface area (Å²) in [5, 5.41) is 14.0. The number of rotatable bonds is 5. The van der Waals surface area contributed by atoms with Crippen LogP contribution in [0.4, 0.5) is 17.3 Å². The normalized spacial score (nSPS) is 10.2. The Kier molecular flexibility index (Phi) is 4.32. The summed E-state index contributed by atoms with van der Waals surface area (Å²) >= 11 is 0. The van der Waals surface area contributed by atoms with Gasteiger partial charge in [0.05, 0.1) is 17.2 Å². The van der Waals surface area contributed by atoms with Crippen molar-refractivity contribution in [3.05, 3.63) is 51.8 Å². The van der Waals surface area contributed by atoms with E-state index in [9.17, 15) is 10.1 Å². The summed E-state index contributed by atoms with van der Waals surface area (Å²) in [4.78, 5) is 21.1. The van der Waals surface area contributed by atoms with Gasteiger partial charge in [0, 0.05) is 25.9 Å². The van der Waals surface area contributed by atoms with Crippen LogP contribution in [0.1, 0.15) is 11.4 Å². The van der Waals surface area contributed by atoms with Crippen LogP contribution >= 0.6 is 0 Å². The van der Waals surface area contributed by atoms with Crippen LogP contribution in [0.3, 0.4) is 0 Å². The number of hydrogen-bond donors (Lipinski definition) is 1. The van der Waals surface area contributed by atoms with Crippen molar-refractivity contribution in [1.82, 2.24) is 9.97 Å². The molecule has 0 saturated heterocycles. The number of pyridine rings is 2. The molecule has 2 heterocycles. The largest absolute Gasteiger partial charge is 0.373 e. The maximum Gasteiger partial charge on any atom is 0.311 e. The second kappa shape index (κ2) is 6.17. The zero-order valence-electron chi connectivity index (χ0n) is 12.2. The number of hydrogen-bond acceptors (Lipinski definition) is 6. The van der Waals surface area contributed by atoms with E-state index >= 15 is 0 Å². The molecule has 2 aromatic heterocycles. The number of anilines is 2. The molecule has 2 aromatic rings. The van der Waals surface area contributed by atoms with Crippen molar-refractivity contribution in [2.75, 3.05) is 24.3 Å². The summed E-state index contributed by atoms with van der Waals surface area (Å²) < 4.78 is 0. The Bertz CT molecular complexity index is 660. The molecule has 0 spiro atoms. The average Bonchev–Trinajstić information content (AvgIpc) is 2.46. The topological polar surface area (TPSA) is 84.2 Å². The van der Waals surface area contributed by atoms with E-state index < -0.39 is 4.92 Å². The zero-order chi connectivity index (χ0) is 15.4. The molecule has 0 unspecified atom stereocenters. The van der Waals surface area contributed by atoms with Gasteiger partial charge in [0.1, 0.15) is 5.82 Å². The minimum absolute atomic E-state index is 0.0239. The van der Waals surface area contributed by atoms with Crippen LogP contribution in [0.2, 0.25) is 0 Å². The fourth-order valence-corrected chi connectivity index (χ4v) is 2.01. The predicted molar refractivity (Wildman–Crippen MR) is 81.5 cm³/mol. The van der Waals surface area contributed by atoms with Crippen LogP contribution in [0.5, 0.6) is 0 Å². The fourth-order valence-electron chi connectivity index (χ4n) is 2.01. The van der Waals surface area contributed by atoms with Crippen molar-refractivity contribution in [3.63, 3.8) is 0 Å². The van der Waals surface area contributed by atoms with Gasteiger partial charge in [0.15, 0.2) is 0 Å². The molecule has 110 valence electrons. The molecule has 2 rings (SSSR count). The van der Waals surface area contributed by atoms with Crippen LogP contribution < -0.4 is 10.2 Å². The highest BCUT2D eigenvalue weighted by atomic mass is 16.6. The van der Waals surface area contributed by atoms with Crippen molar-refractivity contribution in [3.8, 4) is 0 Å². The van der Waals surface area contributed by atoms with E-state index in [2.05, 4.69) is 15.3 Å². The van der Waals surface area contributed by atoms with Crippen molar-refractivity contribution >= 4 is 17.3 Å². The van der Waals surface area contributed by atoms with Gasteiger partial charge in [0.2, 0.25) is 5.82 Å². The summed E-state index contributed by atoms with van der Waals surface area (Å²) in [6.45, 7) is 2.36. The Morgan fingerprint density at radius 2 is 2.05 bits per heavy atom. The van der Waals surface area contributed by atoms with Crippen LogP contribution in [-0.2, 0) is 6.54 Å². The molecule has 0 bridgehead atoms. The molecule has 1 N–H and O–H groups in total. The van der Waals surface area contributed by atoms with Gasteiger partial charge in [-0.05, 0) is 25.1 Å². The highest BCUT2D eigenvalue weighted by molar-refractivity contribution is 5.61. The van der Waals surface area contributed by atoms with Crippen LogP contribution in [0.25, 0.3) is 0 Å². The smallest absolute Gasteiger partial charge is 0.311 e. The van der Waals surface area contributed by atoms with Crippen molar-refractivity contribution in [2.24, 2.45) is 0 Å². The van der Waals surface area contributed by atoms with Crippen LogP contribution in [0, 0.1) is 17.0 Å². The highest BCUT2D eigenvalue weighted by Crippen LogP contribution is 2.27. The van der Waals surface area contributed by atoms with Crippen LogP contribution in [0.15, 0.2) is 30.3 Å². The number of nitrogens with one attached hydrogen (secondary N) is 1. The van der Waals surface area contributed by atoms with Gasteiger partial charge >= 0.3 is 5.69 Å². The summed E-state index contributed by atoms with van der Waals surface area (Å²) in [7, 11) is 3.48. The van der Waals surface area contributed by atoms with E-state index in [1.165, 1.54) is 6.07 Å². The minimum atomic E-state index is -0.429. The Labute approximate surface area is 122 Å². The Morgan fingerprint density at radius 3 is 2.67 bits per heavy atom. The quantitative estimate of drug-likeness (QED) is 0.671. The van der Waals surface area contributed by atoms with E-state index in [0.717, 1.165) is 11.4 Å². The third kappa shape index (κ3) is 3.44. The molecular formula is C14H17N5O2. The zero-order valence-corrected chi connectivity index (χ0v) is 12.2. The second-order valence-electron chi connectivity index (χ2n) is 4.67. The van der Waals surface area contributed by atoms with E-state index in [0.29, 0.717) is 18.2 Å². The number of nitro groups is 1. The Morgan fingerprint density at radius 1 is 1.29 bits per heavy atom. The molecule has 0 fully saturated rings. The lowest BCUT2D eigenvalue weighted by molar-refractivity contribution is -0.384. The summed E-state index contributed by atoms with van der Waals surface area (Å²) in [5.41, 5.74) is 1.72. The molecule has 21 heavy (non-hydrogen) atoms. The monoisotopic (exact) mass is 287 g/mol. The van der Waals surface area contributed by atoms with Gasteiger partial charge in [-0.3, -0.25) is 15.1 Å². The van der Waals surface area contributed by atoms with Gasteiger partial charge in [-0.1, -0.05) is 6.07 Å². The lowest BCUT2D eigenvalue weighted by atomic mass is 10.3. The Balaban J connectivity index is 2.33. The molecule has 7 heteroatoms. The van der Waals surface area contributed by atoms with Crippen molar-refractivity contribution < 1.29 is 4.92 Å². The van der Waals surface area contributed by atoms with Gasteiger partial charge < -0.3 is 10.2 Å². The molecular weight excluding hydrogens is 270 g/mol. The minimum Gasteiger partial charge on any atom is -0.373 e. The number of aryl methyl sites for hydroxylation is 1. The lowest BCUT2D eigenvalue weighted by Gasteiger charge is -2.18. The number of aromatic nitrogens is 2. The van der Waals surface area contributed by atoms with Gasteiger partial charge in [-0.2, -0.15) is 0 Å². The first kappa shape index (κ1) is 14.7. The predicted octanol–water partition coefficient (Wildman–Crippen LogP) is 2.37. The van der Waals surface area contributed by atoms with Crippen molar-refractivity contribution in [2.45, 2.75) is 13.5 Å². The SMILES string of the molecule is CNc1ccc([N+](=O)[O-])c(N(C)Cc2cccc(C)n2)n1. The summed E-state index contributed by atoms with van der Waals surface area (Å²) in [5.74, 6) is 0.898. The molecule has 7 nitrogen and oxygen atoms in total. The van der Waals surface area contributed by atoms with Gasteiger partial charge in [0.25, 0.3) is 0 Å². The lowest BCUT2D eigenvalue weighted by Crippen LogP contribution is -2.20. The summed E-state index contributed by atoms with van der Waals surface area (Å²) in [6.07, 6.45) is 0. The maximum absolute atomic E-state index is 11.1. The highest BCUT2D eigenvalue weighted by Gasteiger charge is 2.20. The maximum atomic E-state index is 11.1. The van der Waals surface area contributed by atoms with Gasteiger partial charge in [-0.25, -0.2) is 4.98 Å². The molecule has 0 aliphatic carbocycles. The van der Waals surface area contributed by atoms with E-state index in [1.807, 2.05) is 25.1 Å². The molecule has 0 atom stereocenters. The Hall–Kier alpha value is -2.70. The first-order chi connectivity index (χ1) is 10.0.